The van der Waals surface area contributed by atoms with E-state index in [1.165, 1.54) is 11.0 Å². The summed E-state index contributed by atoms with van der Waals surface area (Å²) in [5, 5.41) is 18.5. The number of benzene rings is 1. The molecule has 3 aromatic rings. The molecule has 0 bridgehead atoms. The molecule has 1 aromatic carbocycles. The molecule has 1 N–H and O–H groups in total. The Morgan fingerprint density at radius 1 is 1.25 bits per heavy atom. The molecule has 0 fully saturated rings. The lowest BCUT2D eigenvalue weighted by Gasteiger charge is -2.16. The summed E-state index contributed by atoms with van der Waals surface area (Å²) in [6, 6.07) is 9.24. The van der Waals surface area contributed by atoms with E-state index in [9.17, 15) is 4.79 Å². The molecule has 0 aliphatic heterocycles. The van der Waals surface area contributed by atoms with Gasteiger partial charge in [0.05, 0.1) is 17.1 Å². The molecule has 0 aliphatic rings. The van der Waals surface area contributed by atoms with Crippen LogP contribution in [0.2, 0.25) is 0 Å². The van der Waals surface area contributed by atoms with Gasteiger partial charge in [-0.05, 0) is 29.8 Å². The van der Waals surface area contributed by atoms with Crippen LogP contribution in [0.4, 0.5) is 5.69 Å². The van der Waals surface area contributed by atoms with Gasteiger partial charge in [-0.1, -0.05) is 30.3 Å². The van der Waals surface area contributed by atoms with E-state index in [1.807, 2.05) is 51.2 Å². The lowest BCUT2D eigenvalue weighted by atomic mass is 10.1. The SMILES string of the molecule is Cc1nn(C)c(C)c1NC(=O)[C@@H](Cc1ccccc1)n1cnnn1. The Bertz CT molecular complexity index is 824. The molecule has 0 unspecified atom stereocenters. The first kappa shape index (κ1) is 15.9. The predicted molar refractivity (Wildman–Crippen MR) is 88.3 cm³/mol. The molecule has 0 spiro atoms. The van der Waals surface area contributed by atoms with Crippen LogP contribution in [-0.4, -0.2) is 35.9 Å². The minimum atomic E-state index is -0.540. The Hall–Kier alpha value is -3.03. The first-order valence-electron chi connectivity index (χ1n) is 7.63. The van der Waals surface area contributed by atoms with E-state index >= 15 is 0 Å². The molecule has 0 saturated heterocycles. The van der Waals surface area contributed by atoms with Crippen molar-refractivity contribution in [3.8, 4) is 0 Å². The largest absolute Gasteiger partial charge is 0.321 e. The van der Waals surface area contributed by atoms with Crippen LogP contribution in [-0.2, 0) is 18.3 Å². The second-order valence-electron chi connectivity index (χ2n) is 5.65. The fraction of sp³-hybridized carbons (Fsp3) is 0.312. The fourth-order valence-electron chi connectivity index (χ4n) is 2.62. The molecule has 124 valence electrons. The van der Waals surface area contributed by atoms with Gasteiger partial charge in [0, 0.05) is 13.5 Å². The van der Waals surface area contributed by atoms with E-state index in [2.05, 4.69) is 25.9 Å². The summed E-state index contributed by atoms with van der Waals surface area (Å²) in [4.78, 5) is 12.9. The van der Waals surface area contributed by atoms with Crippen LogP contribution in [0, 0.1) is 13.8 Å². The van der Waals surface area contributed by atoms with Crippen molar-refractivity contribution in [2.24, 2.45) is 7.05 Å². The highest BCUT2D eigenvalue weighted by Crippen LogP contribution is 2.21. The molecule has 8 heteroatoms. The third kappa shape index (κ3) is 3.17. The number of rotatable bonds is 5. The number of nitrogens with one attached hydrogen (secondary N) is 1. The van der Waals surface area contributed by atoms with Crippen molar-refractivity contribution < 1.29 is 4.79 Å². The molecular weight excluding hydrogens is 306 g/mol. The number of tetrazole rings is 1. The summed E-state index contributed by atoms with van der Waals surface area (Å²) >= 11 is 0. The molecule has 0 saturated carbocycles. The highest BCUT2D eigenvalue weighted by atomic mass is 16.2. The number of carbonyl (C=O) groups is 1. The number of hydrogen-bond donors (Lipinski definition) is 1. The molecule has 2 aromatic heterocycles. The Labute approximate surface area is 139 Å². The first-order chi connectivity index (χ1) is 11.6. The number of aryl methyl sites for hydroxylation is 2. The molecule has 24 heavy (non-hydrogen) atoms. The maximum Gasteiger partial charge on any atom is 0.249 e. The number of amides is 1. The summed E-state index contributed by atoms with van der Waals surface area (Å²) in [6.07, 6.45) is 1.95. The van der Waals surface area contributed by atoms with Crippen molar-refractivity contribution in [1.29, 1.82) is 0 Å². The second-order valence-corrected chi connectivity index (χ2v) is 5.65. The van der Waals surface area contributed by atoms with Gasteiger partial charge >= 0.3 is 0 Å². The number of hydrogen-bond acceptors (Lipinski definition) is 5. The van der Waals surface area contributed by atoms with E-state index in [-0.39, 0.29) is 5.91 Å². The van der Waals surface area contributed by atoms with Gasteiger partial charge in [0.2, 0.25) is 5.91 Å². The molecule has 0 aliphatic carbocycles. The molecule has 2 heterocycles. The van der Waals surface area contributed by atoms with Crippen LogP contribution in [0.15, 0.2) is 36.7 Å². The van der Waals surface area contributed by atoms with Crippen molar-refractivity contribution in [2.45, 2.75) is 26.3 Å². The van der Waals surface area contributed by atoms with Crippen molar-refractivity contribution in [3.05, 3.63) is 53.6 Å². The third-order valence-electron chi connectivity index (χ3n) is 4.02. The zero-order valence-electron chi connectivity index (χ0n) is 13.8. The highest BCUT2D eigenvalue weighted by Gasteiger charge is 2.24. The van der Waals surface area contributed by atoms with E-state index in [4.69, 9.17) is 0 Å². The standard InChI is InChI=1S/C16H19N7O/c1-11-15(12(2)22(3)19-11)18-16(24)14(23-10-17-20-21-23)9-13-7-5-4-6-8-13/h4-8,10,14H,9H2,1-3H3,(H,18,24)/t14-/m1/s1. The zero-order valence-corrected chi connectivity index (χ0v) is 13.8. The minimum Gasteiger partial charge on any atom is -0.321 e. The van der Waals surface area contributed by atoms with Crippen molar-refractivity contribution in [3.63, 3.8) is 0 Å². The summed E-state index contributed by atoms with van der Waals surface area (Å²) in [5.74, 6) is -0.176. The quantitative estimate of drug-likeness (QED) is 0.766. The zero-order chi connectivity index (χ0) is 17.1. The predicted octanol–water partition coefficient (Wildman–Crippen LogP) is 1.45. The van der Waals surface area contributed by atoms with E-state index in [0.29, 0.717) is 6.42 Å². The van der Waals surface area contributed by atoms with Gasteiger partial charge in [0.25, 0.3) is 0 Å². The fourth-order valence-corrected chi connectivity index (χ4v) is 2.62. The summed E-state index contributed by atoms with van der Waals surface area (Å²) < 4.78 is 3.22. The summed E-state index contributed by atoms with van der Waals surface area (Å²) in [5.41, 5.74) is 3.44. The van der Waals surface area contributed by atoms with Crippen LogP contribution < -0.4 is 5.32 Å². The number of anilines is 1. The summed E-state index contributed by atoms with van der Waals surface area (Å²) in [6.45, 7) is 3.78. The maximum absolute atomic E-state index is 12.9. The normalized spacial score (nSPS) is 12.1. The van der Waals surface area contributed by atoms with Crippen LogP contribution >= 0.6 is 0 Å². The Morgan fingerprint density at radius 2 is 2.00 bits per heavy atom. The van der Waals surface area contributed by atoms with Gasteiger partial charge in [-0.2, -0.15) is 5.10 Å². The molecule has 3 rings (SSSR count). The van der Waals surface area contributed by atoms with Crippen LogP contribution in [0.1, 0.15) is 23.0 Å². The molecule has 1 amide bonds. The van der Waals surface area contributed by atoms with Crippen molar-refractivity contribution in [2.75, 3.05) is 5.32 Å². The molecular formula is C16H19N7O. The number of aromatic nitrogens is 6. The van der Waals surface area contributed by atoms with E-state index in [1.54, 1.807) is 4.68 Å². The molecule has 0 radical (unpaired) electrons. The van der Waals surface area contributed by atoms with Crippen LogP contribution in [0.3, 0.4) is 0 Å². The third-order valence-corrected chi connectivity index (χ3v) is 4.02. The average Bonchev–Trinajstić information content (AvgIpc) is 3.18. The van der Waals surface area contributed by atoms with Crippen LogP contribution in [0.5, 0.6) is 0 Å². The second kappa shape index (κ2) is 6.61. The van der Waals surface area contributed by atoms with E-state index in [0.717, 1.165) is 22.6 Å². The minimum absolute atomic E-state index is 0.176. The lowest BCUT2D eigenvalue weighted by Crippen LogP contribution is -2.28. The lowest BCUT2D eigenvalue weighted by molar-refractivity contribution is -0.119. The maximum atomic E-state index is 12.9. The highest BCUT2D eigenvalue weighted by molar-refractivity contribution is 5.94. The average molecular weight is 325 g/mol. The van der Waals surface area contributed by atoms with Crippen molar-refractivity contribution in [1.82, 2.24) is 30.0 Å². The molecule has 1 atom stereocenters. The summed E-state index contributed by atoms with van der Waals surface area (Å²) in [7, 11) is 1.85. The van der Waals surface area contributed by atoms with E-state index < -0.39 is 6.04 Å². The Balaban J connectivity index is 1.86. The number of nitrogens with zero attached hydrogens (tertiary/aromatic N) is 6. The topological polar surface area (TPSA) is 90.5 Å². The smallest absolute Gasteiger partial charge is 0.249 e. The van der Waals surface area contributed by atoms with Gasteiger partial charge in [0.15, 0.2) is 0 Å². The monoisotopic (exact) mass is 325 g/mol. The molecule has 8 nitrogen and oxygen atoms in total. The van der Waals surface area contributed by atoms with Gasteiger partial charge in [-0.25, -0.2) is 4.68 Å². The van der Waals surface area contributed by atoms with Gasteiger partial charge < -0.3 is 5.32 Å². The van der Waals surface area contributed by atoms with Crippen molar-refractivity contribution >= 4 is 11.6 Å². The van der Waals surface area contributed by atoms with Gasteiger partial charge in [0.1, 0.15) is 12.4 Å². The van der Waals surface area contributed by atoms with Crippen LogP contribution in [0.25, 0.3) is 0 Å². The first-order valence-corrected chi connectivity index (χ1v) is 7.63. The Kier molecular flexibility index (Phi) is 4.37. The number of carbonyl (C=O) groups excluding carboxylic acids is 1. The Morgan fingerprint density at radius 3 is 2.58 bits per heavy atom. The van der Waals surface area contributed by atoms with Gasteiger partial charge in [-0.15, -0.1) is 5.10 Å². The van der Waals surface area contributed by atoms with Gasteiger partial charge in [-0.3, -0.25) is 9.48 Å².